The van der Waals surface area contributed by atoms with Gasteiger partial charge < -0.3 is 5.32 Å². The molecule has 0 bridgehead atoms. The molecule has 1 aromatic rings. The van der Waals surface area contributed by atoms with Crippen molar-refractivity contribution in [3.63, 3.8) is 0 Å². The van der Waals surface area contributed by atoms with Crippen molar-refractivity contribution in [1.29, 1.82) is 0 Å². The lowest BCUT2D eigenvalue weighted by atomic mass is 9.88. The van der Waals surface area contributed by atoms with E-state index in [1.165, 1.54) is 11.1 Å². The zero-order valence-corrected chi connectivity index (χ0v) is 9.29. The van der Waals surface area contributed by atoms with Gasteiger partial charge in [0.15, 0.2) is 0 Å². The van der Waals surface area contributed by atoms with Crippen LogP contribution in [0.1, 0.15) is 36.8 Å². The highest BCUT2D eigenvalue weighted by Crippen LogP contribution is 2.31. The van der Waals surface area contributed by atoms with Crippen LogP contribution < -0.4 is 5.32 Å². The Kier molecular flexibility index (Phi) is 2.76. The molecular weight excluding hydrogens is 186 g/mol. The van der Waals surface area contributed by atoms with E-state index >= 15 is 0 Å². The van der Waals surface area contributed by atoms with E-state index in [0.717, 1.165) is 6.42 Å². The maximum absolute atomic E-state index is 11.4. The van der Waals surface area contributed by atoms with Gasteiger partial charge in [-0.25, -0.2) is 0 Å². The first-order valence-electron chi connectivity index (χ1n) is 5.57. The van der Waals surface area contributed by atoms with Crippen molar-refractivity contribution in [1.82, 2.24) is 5.32 Å². The molecule has 0 spiro atoms. The summed E-state index contributed by atoms with van der Waals surface area (Å²) in [5.74, 6) is 0.554. The van der Waals surface area contributed by atoms with Crippen LogP contribution >= 0.6 is 0 Å². The van der Waals surface area contributed by atoms with Crippen LogP contribution in [0.2, 0.25) is 0 Å². The number of hydrogen-bond donors (Lipinski definition) is 1. The van der Waals surface area contributed by atoms with Gasteiger partial charge in [0.2, 0.25) is 5.91 Å². The van der Waals surface area contributed by atoms with Gasteiger partial charge >= 0.3 is 0 Å². The third-order valence-electron chi connectivity index (χ3n) is 3.27. The van der Waals surface area contributed by atoms with E-state index < -0.39 is 0 Å². The number of amides is 1. The van der Waals surface area contributed by atoms with Crippen molar-refractivity contribution in [2.75, 3.05) is 0 Å². The fourth-order valence-corrected chi connectivity index (χ4v) is 2.42. The van der Waals surface area contributed by atoms with E-state index in [1.54, 1.807) is 0 Å². The lowest BCUT2D eigenvalue weighted by Crippen LogP contribution is -2.27. The molecule has 2 atom stereocenters. The molecular formula is C13H17NO. The second-order valence-corrected chi connectivity index (χ2v) is 4.25. The van der Waals surface area contributed by atoms with Gasteiger partial charge in [0.1, 0.15) is 0 Å². The highest BCUT2D eigenvalue weighted by Gasteiger charge is 2.32. The summed E-state index contributed by atoms with van der Waals surface area (Å²) in [5.41, 5.74) is 2.61. The van der Waals surface area contributed by atoms with Crippen LogP contribution in [0.3, 0.4) is 0 Å². The Morgan fingerprint density at radius 1 is 1.40 bits per heavy atom. The highest BCUT2D eigenvalue weighted by molar-refractivity contribution is 5.80. The predicted molar refractivity (Wildman–Crippen MR) is 60.8 cm³/mol. The van der Waals surface area contributed by atoms with Gasteiger partial charge in [-0.2, -0.15) is 0 Å². The highest BCUT2D eigenvalue weighted by atomic mass is 16.2. The third kappa shape index (κ3) is 1.89. The molecule has 1 N–H and O–H groups in total. The maximum atomic E-state index is 11.4. The lowest BCUT2D eigenvalue weighted by Gasteiger charge is -2.19. The minimum absolute atomic E-state index is 0.190. The summed E-state index contributed by atoms with van der Waals surface area (Å²) < 4.78 is 0. The van der Waals surface area contributed by atoms with Crippen molar-refractivity contribution in [3.8, 4) is 0 Å². The molecule has 1 heterocycles. The summed E-state index contributed by atoms with van der Waals surface area (Å²) in [6.45, 7) is 4.24. The van der Waals surface area contributed by atoms with Crippen LogP contribution in [0, 0.1) is 6.92 Å². The van der Waals surface area contributed by atoms with Gasteiger partial charge in [0.05, 0.1) is 0 Å². The Morgan fingerprint density at radius 2 is 2.13 bits per heavy atom. The Labute approximate surface area is 90.7 Å². The molecule has 1 fully saturated rings. The van der Waals surface area contributed by atoms with Crippen LogP contribution in [-0.4, -0.2) is 11.9 Å². The molecule has 15 heavy (non-hydrogen) atoms. The SMILES string of the molecule is CCC1NC(=O)CC1c1ccccc1C. The zero-order valence-electron chi connectivity index (χ0n) is 9.29. The molecule has 0 saturated carbocycles. The number of carbonyl (C=O) groups excluding carboxylic acids is 1. The molecule has 0 aromatic heterocycles. The molecule has 1 aliphatic rings. The molecule has 1 aromatic carbocycles. The fourth-order valence-electron chi connectivity index (χ4n) is 2.42. The Balaban J connectivity index is 2.30. The topological polar surface area (TPSA) is 29.1 Å². The van der Waals surface area contributed by atoms with Gasteiger partial charge in [-0.05, 0) is 24.5 Å². The maximum Gasteiger partial charge on any atom is 0.220 e. The van der Waals surface area contributed by atoms with Crippen molar-refractivity contribution < 1.29 is 4.79 Å². The van der Waals surface area contributed by atoms with Crippen molar-refractivity contribution in [2.45, 2.75) is 38.6 Å². The van der Waals surface area contributed by atoms with Gasteiger partial charge in [0, 0.05) is 18.4 Å². The normalized spacial score (nSPS) is 25.3. The largest absolute Gasteiger partial charge is 0.353 e. The number of hydrogen-bond acceptors (Lipinski definition) is 1. The van der Waals surface area contributed by atoms with Crippen molar-refractivity contribution >= 4 is 5.91 Å². The van der Waals surface area contributed by atoms with Crippen LogP contribution in [0.4, 0.5) is 0 Å². The smallest absolute Gasteiger partial charge is 0.220 e. The van der Waals surface area contributed by atoms with Crippen molar-refractivity contribution in [2.24, 2.45) is 0 Å². The van der Waals surface area contributed by atoms with Gasteiger partial charge in [0.25, 0.3) is 0 Å². The van der Waals surface area contributed by atoms with Crippen LogP contribution in [0.5, 0.6) is 0 Å². The first-order chi connectivity index (χ1) is 7.22. The summed E-state index contributed by atoms with van der Waals surface area (Å²) in [7, 11) is 0. The summed E-state index contributed by atoms with van der Waals surface area (Å²) in [6.07, 6.45) is 1.65. The van der Waals surface area contributed by atoms with Crippen LogP contribution in [-0.2, 0) is 4.79 Å². The summed E-state index contributed by atoms with van der Waals surface area (Å²) in [4.78, 5) is 11.4. The standard InChI is InChI=1S/C13H17NO/c1-3-12-11(8-13(15)14-12)10-7-5-4-6-9(10)2/h4-7,11-12H,3,8H2,1-2H3,(H,14,15). The Hall–Kier alpha value is -1.31. The molecule has 1 amide bonds. The zero-order chi connectivity index (χ0) is 10.8. The average Bonchev–Trinajstić information content (AvgIpc) is 2.60. The number of rotatable bonds is 2. The second-order valence-electron chi connectivity index (χ2n) is 4.25. The Bertz CT molecular complexity index is 373. The lowest BCUT2D eigenvalue weighted by molar-refractivity contribution is -0.119. The van der Waals surface area contributed by atoms with Gasteiger partial charge in [-0.3, -0.25) is 4.79 Å². The molecule has 2 heteroatoms. The molecule has 1 aliphatic heterocycles. The van der Waals surface area contributed by atoms with Crippen LogP contribution in [0.15, 0.2) is 24.3 Å². The number of aryl methyl sites for hydroxylation is 1. The summed E-state index contributed by atoms with van der Waals surface area (Å²) in [6, 6.07) is 8.67. The molecule has 1 saturated heterocycles. The van der Waals surface area contributed by atoms with E-state index in [9.17, 15) is 4.79 Å². The third-order valence-corrected chi connectivity index (χ3v) is 3.27. The van der Waals surface area contributed by atoms with Crippen LogP contribution in [0.25, 0.3) is 0 Å². The van der Waals surface area contributed by atoms with Crippen molar-refractivity contribution in [3.05, 3.63) is 35.4 Å². The van der Waals surface area contributed by atoms with E-state index in [2.05, 4.69) is 37.4 Å². The first-order valence-corrected chi connectivity index (χ1v) is 5.57. The van der Waals surface area contributed by atoms with E-state index in [1.807, 2.05) is 6.07 Å². The molecule has 2 unspecified atom stereocenters. The minimum atomic E-state index is 0.190. The molecule has 2 rings (SSSR count). The van der Waals surface area contributed by atoms with E-state index in [-0.39, 0.29) is 5.91 Å². The minimum Gasteiger partial charge on any atom is -0.353 e. The molecule has 80 valence electrons. The number of carbonyl (C=O) groups is 1. The van der Waals surface area contributed by atoms with E-state index in [4.69, 9.17) is 0 Å². The van der Waals surface area contributed by atoms with E-state index in [0.29, 0.717) is 18.4 Å². The number of nitrogens with one attached hydrogen (secondary N) is 1. The summed E-state index contributed by atoms with van der Waals surface area (Å²) in [5, 5.41) is 3.04. The average molecular weight is 203 g/mol. The molecule has 0 aliphatic carbocycles. The Morgan fingerprint density at radius 3 is 2.80 bits per heavy atom. The molecule has 0 radical (unpaired) electrons. The molecule has 2 nitrogen and oxygen atoms in total. The number of benzene rings is 1. The van der Waals surface area contributed by atoms with Gasteiger partial charge in [-0.1, -0.05) is 31.2 Å². The fraction of sp³-hybridized carbons (Fsp3) is 0.462. The summed E-state index contributed by atoms with van der Waals surface area (Å²) >= 11 is 0. The predicted octanol–water partition coefficient (Wildman–Crippen LogP) is 2.38. The second kappa shape index (κ2) is 4.05. The first kappa shape index (κ1) is 10.2. The van der Waals surface area contributed by atoms with Gasteiger partial charge in [-0.15, -0.1) is 0 Å². The quantitative estimate of drug-likeness (QED) is 0.785. The monoisotopic (exact) mass is 203 g/mol.